The van der Waals surface area contributed by atoms with E-state index in [0.29, 0.717) is 23.9 Å². The molecule has 30 heavy (non-hydrogen) atoms. The van der Waals surface area contributed by atoms with Crippen molar-refractivity contribution in [3.8, 4) is 0 Å². The van der Waals surface area contributed by atoms with Gasteiger partial charge in [0.2, 0.25) is 21.9 Å². The van der Waals surface area contributed by atoms with E-state index in [1.165, 1.54) is 11.3 Å². The highest BCUT2D eigenvalue weighted by Gasteiger charge is 2.36. The van der Waals surface area contributed by atoms with Crippen LogP contribution in [0.3, 0.4) is 0 Å². The quantitative estimate of drug-likeness (QED) is 0.571. The fourth-order valence-electron chi connectivity index (χ4n) is 3.51. The summed E-state index contributed by atoms with van der Waals surface area (Å²) in [6, 6.07) is 1.78. The number of hydrogen-bond donors (Lipinski definition) is 3. The van der Waals surface area contributed by atoms with Crippen molar-refractivity contribution >= 4 is 38.2 Å². The average Bonchev–Trinajstić information content (AvgIpc) is 3.49. The van der Waals surface area contributed by atoms with E-state index >= 15 is 0 Å². The van der Waals surface area contributed by atoms with Gasteiger partial charge in [0.15, 0.2) is 0 Å². The number of rotatable bonds is 8. The summed E-state index contributed by atoms with van der Waals surface area (Å²) in [4.78, 5) is 22.1. The summed E-state index contributed by atoms with van der Waals surface area (Å²) in [5.41, 5.74) is 0.794. The molecule has 1 amide bonds. The van der Waals surface area contributed by atoms with E-state index in [9.17, 15) is 13.2 Å². The number of thiophene rings is 1. The molecule has 2 aromatic rings. The minimum Gasteiger partial charge on any atom is -0.351 e. The second-order valence-corrected chi connectivity index (χ2v) is 11.1. The lowest BCUT2D eigenvalue weighted by Crippen LogP contribution is -2.32. The minimum absolute atomic E-state index is 0.00736. The average molecular weight is 450 g/mol. The van der Waals surface area contributed by atoms with Gasteiger partial charge in [0.1, 0.15) is 9.90 Å². The first-order valence-electron chi connectivity index (χ1n) is 10.3. The number of aryl methyl sites for hydroxylation is 1. The number of anilines is 2. The minimum atomic E-state index is -3.74. The van der Waals surface area contributed by atoms with Gasteiger partial charge in [0, 0.05) is 35.8 Å². The van der Waals surface area contributed by atoms with Crippen LogP contribution in [0.1, 0.15) is 43.6 Å². The molecule has 1 saturated carbocycles. The van der Waals surface area contributed by atoms with Crippen molar-refractivity contribution in [1.82, 2.24) is 14.7 Å². The molecular weight excluding hydrogens is 422 g/mol. The van der Waals surface area contributed by atoms with Gasteiger partial charge in [0.05, 0.1) is 0 Å². The van der Waals surface area contributed by atoms with Gasteiger partial charge in [-0.3, -0.25) is 4.79 Å². The molecule has 2 heterocycles. The molecule has 0 aromatic carbocycles. The number of carbonyl (C=O) groups excluding carboxylic acids is 1. The topological polar surface area (TPSA) is 113 Å². The number of sulfonamides is 1. The maximum absolute atomic E-state index is 13.2. The van der Waals surface area contributed by atoms with Gasteiger partial charge in [-0.25, -0.2) is 23.1 Å². The predicted molar refractivity (Wildman–Crippen MR) is 117 cm³/mol. The van der Waals surface area contributed by atoms with E-state index in [2.05, 4.69) is 25.3 Å². The summed E-state index contributed by atoms with van der Waals surface area (Å²) in [7, 11) is -3.74. The van der Waals surface area contributed by atoms with Crippen molar-refractivity contribution < 1.29 is 13.2 Å². The van der Waals surface area contributed by atoms with Crippen molar-refractivity contribution in [3.05, 3.63) is 28.9 Å². The van der Waals surface area contributed by atoms with E-state index in [-0.39, 0.29) is 28.7 Å². The zero-order valence-corrected chi connectivity index (χ0v) is 18.8. The van der Waals surface area contributed by atoms with Gasteiger partial charge in [0.25, 0.3) is 0 Å². The van der Waals surface area contributed by atoms with Gasteiger partial charge < -0.3 is 10.6 Å². The van der Waals surface area contributed by atoms with Crippen LogP contribution in [0.15, 0.2) is 23.4 Å². The van der Waals surface area contributed by atoms with Crippen LogP contribution in [0, 0.1) is 11.8 Å². The highest BCUT2D eigenvalue weighted by molar-refractivity contribution is 7.90. The van der Waals surface area contributed by atoms with Gasteiger partial charge in [-0.1, -0.05) is 13.8 Å². The largest absolute Gasteiger partial charge is 0.351 e. The molecule has 0 radical (unpaired) electrons. The number of fused-ring (bicyclic) bond motifs is 1. The number of amides is 1. The van der Waals surface area contributed by atoms with Crippen LogP contribution in [-0.4, -0.2) is 36.9 Å². The Morgan fingerprint density at radius 2 is 1.97 bits per heavy atom. The summed E-state index contributed by atoms with van der Waals surface area (Å²) >= 11 is 1.39. The molecule has 8 nitrogen and oxygen atoms in total. The fourth-order valence-corrected chi connectivity index (χ4v) is 6.70. The Kier molecular flexibility index (Phi) is 6.08. The van der Waals surface area contributed by atoms with Crippen LogP contribution in [0.25, 0.3) is 0 Å². The van der Waals surface area contributed by atoms with Crippen molar-refractivity contribution in [2.75, 3.05) is 17.2 Å². The summed E-state index contributed by atoms with van der Waals surface area (Å²) in [5, 5.41) is 6.66. The van der Waals surface area contributed by atoms with E-state index in [4.69, 9.17) is 0 Å². The molecule has 2 aliphatic rings. The first kappa shape index (κ1) is 21.2. The fraction of sp³-hybridized carbons (Fsp3) is 0.550. The second kappa shape index (κ2) is 8.60. The molecule has 10 heteroatoms. The lowest BCUT2D eigenvalue weighted by molar-refractivity contribution is -0.117. The Hall–Kier alpha value is -2.04. The predicted octanol–water partition coefficient (Wildman–Crippen LogP) is 2.79. The third-order valence-electron chi connectivity index (χ3n) is 5.25. The molecule has 1 atom stereocenters. The Morgan fingerprint density at radius 3 is 2.63 bits per heavy atom. The number of aromatic nitrogens is 2. The van der Waals surface area contributed by atoms with Crippen LogP contribution in [0.5, 0.6) is 0 Å². The molecule has 162 valence electrons. The number of hydrogen-bond acceptors (Lipinski definition) is 7. The third-order valence-corrected chi connectivity index (χ3v) is 8.12. The van der Waals surface area contributed by atoms with Gasteiger partial charge >= 0.3 is 0 Å². The van der Waals surface area contributed by atoms with Gasteiger partial charge in [-0.15, -0.1) is 11.3 Å². The summed E-state index contributed by atoms with van der Waals surface area (Å²) in [5.74, 6) is 0.642. The standard InChI is InChI=1S/C20H27N5O3S2/c1-12(2)11-23-30(27,28)17-15-10-14(24-20-21-8-3-9-22-20)6-7-16(15)29-19(17)25-18(26)13-4-5-13/h3,8-9,12-14,23H,4-7,10-11H2,1-2H3,(H,25,26)(H,21,22,24). The lowest BCUT2D eigenvalue weighted by Gasteiger charge is -2.24. The molecule has 0 saturated heterocycles. The molecule has 2 aromatic heterocycles. The monoisotopic (exact) mass is 449 g/mol. The number of nitrogens with zero attached hydrogens (tertiary/aromatic N) is 2. The van der Waals surface area contributed by atoms with Crippen LogP contribution in [-0.2, 0) is 27.7 Å². The Morgan fingerprint density at radius 1 is 1.23 bits per heavy atom. The van der Waals surface area contributed by atoms with Gasteiger partial charge in [-0.2, -0.15) is 0 Å². The molecule has 1 fully saturated rings. The first-order valence-corrected chi connectivity index (χ1v) is 12.6. The first-order chi connectivity index (χ1) is 14.3. The van der Waals surface area contributed by atoms with Crippen molar-refractivity contribution in [1.29, 1.82) is 0 Å². The van der Waals surface area contributed by atoms with Crippen LogP contribution in [0.4, 0.5) is 10.9 Å². The molecule has 2 aliphatic carbocycles. The molecular formula is C20H27N5O3S2. The lowest BCUT2D eigenvalue weighted by atomic mass is 9.94. The van der Waals surface area contributed by atoms with Crippen molar-refractivity contribution in [2.45, 2.75) is 56.9 Å². The second-order valence-electron chi connectivity index (χ2n) is 8.33. The van der Waals surface area contributed by atoms with Crippen LogP contribution >= 0.6 is 11.3 Å². The van der Waals surface area contributed by atoms with Gasteiger partial charge in [-0.05, 0) is 49.7 Å². The highest BCUT2D eigenvalue weighted by atomic mass is 32.2. The molecule has 0 aliphatic heterocycles. The maximum Gasteiger partial charge on any atom is 0.243 e. The van der Waals surface area contributed by atoms with Crippen molar-refractivity contribution in [3.63, 3.8) is 0 Å². The molecule has 0 bridgehead atoms. The molecule has 1 unspecified atom stereocenters. The zero-order valence-electron chi connectivity index (χ0n) is 17.1. The zero-order chi connectivity index (χ0) is 21.3. The maximum atomic E-state index is 13.2. The van der Waals surface area contributed by atoms with Crippen LogP contribution < -0.4 is 15.4 Å². The van der Waals surface area contributed by atoms with Crippen molar-refractivity contribution in [2.24, 2.45) is 11.8 Å². The highest BCUT2D eigenvalue weighted by Crippen LogP contribution is 2.42. The van der Waals surface area contributed by atoms with E-state index in [1.807, 2.05) is 13.8 Å². The Labute approximate surface area is 181 Å². The number of carbonyl (C=O) groups is 1. The number of nitrogens with one attached hydrogen (secondary N) is 3. The summed E-state index contributed by atoms with van der Waals surface area (Å²) in [6.45, 7) is 4.27. The Balaban J connectivity index is 1.64. The summed E-state index contributed by atoms with van der Waals surface area (Å²) < 4.78 is 29.2. The van der Waals surface area contributed by atoms with Crippen LogP contribution in [0.2, 0.25) is 0 Å². The molecule has 3 N–H and O–H groups in total. The van der Waals surface area contributed by atoms with E-state index in [0.717, 1.165) is 36.1 Å². The van der Waals surface area contributed by atoms with E-state index < -0.39 is 10.0 Å². The Bertz CT molecular complexity index is 1020. The third kappa shape index (κ3) is 4.81. The SMILES string of the molecule is CC(C)CNS(=O)(=O)c1c(NC(=O)C2CC2)sc2c1CC(Nc1ncccn1)CC2. The van der Waals surface area contributed by atoms with E-state index in [1.54, 1.807) is 18.5 Å². The summed E-state index contributed by atoms with van der Waals surface area (Å²) in [6.07, 6.45) is 7.22. The normalized spacial score (nSPS) is 18.8. The molecule has 4 rings (SSSR count). The molecule has 0 spiro atoms. The smallest absolute Gasteiger partial charge is 0.243 e.